The van der Waals surface area contributed by atoms with E-state index in [1.165, 1.54) is 31.2 Å². The number of rotatable bonds is 8. The highest BCUT2D eigenvalue weighted by Gasteiger charge is 2.52. The van der Waals surface area contributed by atoms with Crippen LogP contribution in [-0.2, 0) is 20.2 Å². The summed E-state index contributed by atoms with van der Waals surface area (Å²) < 4.78 is 26.4. The number of carbonyl (C=O) groups excluding carboxylic acids is 1. The molecule has 2 fully saturated rings. The van der Waals surface area contributed by atoms with E-state index in [-0.39, 0.29) is 30.3 Å². The van der Waals surface area contributed by atoms with Gasteiger partial charge in [0.15, 0.2) is 0 Å². The summed E-state index contributed by atoms with van der Waals surface area (Å²) in [7, 11) is -0.508. The molecule has 1 saturated carbocycles. The van der Waals surface area contributed by atoms with Crippen LogP contribution < -0.4 is 5.32 Å². The highest BCUT2D eigenvalue weighted by molar-refractivity contribution is 7.89. The van der Waals surface area contributed by atoms with Gasteiger partial charge in [0.05, 0.1) is 16.4 Å². The van der Waals surface area contributed by atoms with Gasteiger partial charge in [0.2, 0.25) is 15.9 Å². The Balaban J connectivity index is 0.00000289. The van der Waals surface area contributed by atoms with Crippen molar-refractivity contribution in [3.05, 3.63) is 65.7 Å². The molecule has 2 aliphatic rings. The van der Waals surface area contributed by atoms with Crippen molar-refractivity contribution in [3.63, 3.8) is 0 Å². The number of hydrogen-bond acceptors (Lipinski definition) is 4. The molecule has 1 N–H and O–H groups in total. The fourth-order valence-electron chi connectivity index (χ4n) is 4.38. The Morgan fingerprint density at radius 2 is 1.72 bits per heavy atom. The molecule has 2 aromatic rings. The summed E-state index contributed by atoms with van der Waals surface area (Å²) in [6, 6.07) is 16.9. The quantitative estimate of drug-likeness (QED) is 0.637. The summed E-state index contributed by atoms with van der Waals surface area (Å²) in [5, 5.41) is 3.30. The maximum absolute atomic E-state index is 13.5. The molecule has 0 aromatic heterocycles. The molecule has 174 valence electrons. The van der Waals surface area contributed by atoms with Crippen molar-refractivity contribution in [3.8, 4) is 0 Å². The van der Waals surface area contributed by atoms with Crippen LogP contribution in [0.25, 0.3) is 0 Å². The van der Waals surface area contributed by atoms with Gasteiger partial charge in [-0.25, -0.2) is 12.7 Å². The van der Waals surface area contributed by atoms with Crippen LogP contribution in [0.2, 0.25) is 0 Å². The average molecular weight is 476 g/mol. The largest absolute Gasteiger partial charge is 0.347 e. The van der Waals surface area contributed by atoms with Gasteiger partial charge in [-0.2, -0.15) is 13.5 Å². The highest BCUT2D eigenvalue weighted by atomic mass is 32.2. The fourth-order valence-corrected chi connectivity index (χ4v) is 5.32. The van der Waals surface area contributed by atoms with E-state index in [4.69, 9.17) is 0 Å². The maximum Gasteiger partial charge on any atom is 0.242 e. The average Bonchev–Trinajstić information content (AvgIpc) is 3.44. The Bertz CT molecular complexity index is 1030. The van der Waals surface area contributed by atoms with E-state index in [2.05, 4.69) is 22.3 Å². The Hall–Kier alpha value is -1.87. The van der Waals surface area contributed by atoms with Gasteiger partial charge in [0.25, 0.3) is 0 Å². The molecule has 2 aromatic carbocycles. The number of nitrogens with zero attached hydrogens (tertiary/aromatic N) is 2. The molecular weight excluding hydrogens is 442 g/mol. The maximum atomic E-state index is 13.5. The molecule has 0 bridgehead atoms. The van der Waals surface area contributed by atoms with Gasteiger partial charge < -0.3 is 10.2 Å². The van der Waals surface area contributed by atoms with Crippen molar-refractivity contribution in [1.29, 1.82) is 0 Å². The standard InChI is InChI=1S/C24H31N3O3S.H2S/c1-26(2)31(29,30)21-12-8-11-20(17-21)24(13-14-24)23(28)25-22(18-27-15-6-7-16-27)19-9-4-3-5-10-19;/h3-5,8-12,17,22H,6-7,13-16,18H2,1-2H3,(H,25,28);1H2/t22-;/m1./s1. The van der Waals surface area contributed by atoms with E-state index in [0.29, 0.717) is 0 Å². The first-order valence-corrected chi connectivity index (χ1v) is 12.4. The molecule has 32 heavy (non-hydrogen) atoms. The summed E-state index contributed by atoms with van der Waals surface area (Å²) >= 11 is 0. The van der Waals surface area contributed by atoms with Crippen LogP contribution in [0.15, 0.2) is 59.5 Å². The minimum Gasteiger partial charge on any atom is -0.347 e. The minimum atomic E-state index is -3.54. The first-order valence-electron chi connectivity index (χ1n) is 10.9. The van der Waals surface area contributed by atoms with Crippen LogP contribution in [0.4, 0.5) is 0 Å². The number of sulfonamides is 1. The third-order valence-electron chi connectivity index (χ3n) is 6.50. The first-order chi connectivity index (χ1) is 14.8. The summed E-state index contributed by atoms with van der Waals surface area (Å²) in [4.78, 5) is 16.1. The Morgan fingerprint density at radius 1 is 1.06 bits per heavy atom. The van der Waals surface area contributed by atoms with E-state index in [1.54, 1.807) is 18.2 Å². The Labute approximate surface area is 198 Å². The minimum absolute atomic E-state index is 0. The molecule has 1 heterocycles. The normalized spacial score (nSPS) is 18.7. The van der Waals surface area contributed by atoms with Gasteiger partial charge in [0.1, 0.15) is 0 Å². The van der Waals surface area contributed by atoms with Crippen molar-refractivity contribution >= 4 is 29.4 Å². The zero-order valence-electron chi connectivity index (χ0n) is 18.8. The molecule has 1 saturated heterocycles. The highest BCUT2D eigenvalue weighted by Crippen LogP contribution is 2.49. The molecule has 0 spiro atoms. The molecule has 8 heteroatoms. The monoisotopic (exact) mass is 475 g/mol. The molecule has 1 atom stereocenters. The lowest BCUT2D eigenvalue weighted by Gasteiger charge is -2.27. The van der Waals surface area contributed by atoms with Crippen molar-refractivity contribution in [2.24, 2.45) is 0 Å². The van der Waals surface area contributed by atoms with Gasteiger partial charge in [-0.1, -0.05) is 42.5 Å². The van der Waals surface area contributed by atoms with Crippen LogP contribution >= 0.6 is 13.5 Å². The van der Waals surface area contributed by atoms with E-state index >= 15 is 0 Å². The van der Waals surface area contributed by atoms with E-state index < -0.39 is 15.4 Å². The lowest BCUT2D eigenvalue weighted by atomic mass is 9.94. The van der Waals surface area contributed by atoms with E-state index in [9.17, 15) is 13.2 Å². The third kappa shape index (κ3) is 5.03. The molecule has 0 unspecified atom stereocenters. The topological polar surface area (TPSA) is 69.7 Å². The Kier molecular flexibility index (Phi) is 7.70. The lowest BCUT2D eigenvalue weighted by Crippen LogP contribution is -2.42. The van der Waals surface area contributed by atoms with E-state index in [0.717, 1.165) is 43.6 Å². The van der Waals surface area contributed by atoms with Gasteiger partial charge in [-0.3, -0.25) is 4.79 Å². The third-order valence-corrected chi connectivity index (χ3v) is 8.31. The first kappa shape index (κ1) is 24.8. The zero-order valence-corrected chi connectivity index (χ0v) is 20.6. The fraction of sp³-hybridized carbons (Fsp3) is 0.458. The predicted octanol–water partition coefficient (Wildman–Crippen LogP) is 3.03. The van der Waals surface area contributed by atoms with Crippen LogP contribution in [0.5, 0.6) is 0 Å². The van der Waals surface area contributed by atoms with Crippen LogP contribution in [0.3, 0.4) is 0 Å². The van der Waals surface area contributed by atoms with Crippen molar-refractivity contribution in [1.82, 2.24) is 14.5 Å². The molecule has 1 aliphatic carbocycles. The van der Waals surface area contributed by atoms with Gasteiger partial charge >= 0.3 is 0 Å². The van der Waals surface area contributed by atoms with Gasteiger partial charge in [-0.15, -0.1) is 0 Å². The summed E-state index contributed by atoms with van der Waals surface area (Å²) in [6.07, 6.45) is 3.87. The van der Waals surface area contributed by atoms with Crippen LogP contribution in [0, 0.1) is 0 Å². The smallest absolute Gasteiger partial charge is 0.242 e. The molecule has 0 radical (unpaired) electrons. The molecule has 4 rings (SSSR count). The van der Waals surface area contributed by atoms with E-state index in [1.807, 2.05) is 24.3 Å². The Morgan fingerprint density at radius 3 is 2.31 bits per heavy atom. The second-order valence-electron chi connectivity index (χ2n) is 8.84. The number of carbonyl (C=O) groups is 1. The number of benzene rings is 2. The molecule has 6 nitrogen and oxygen atoms in total. The van der Waals surface area contributed by atoms with Crippen molar-refractivity contribution in [2.45, 2.75) is 42.0 Å². The summed E-state index contributed by atoms with van der Waals surface area (Å²) in [5.74, 6) is -0.0139. The van der Waals surface area contributed by atoms with Crippen LogP contribution in [0.1, 0.15) is 42.9 Å². The number of likely N-dealkylation sites (tertiary alicyclic amines) is 1. The predicted molar refractivity (Wildman–Crippen MR) is 132 cm³/mol. The molecular formula is C24H33N3O3S2. The second-order valence-corrected chi connectivity index (χ2v) is 11.0. The molecule has 1 amide bonds. The zero-order chi connectivity index (χ0) is 22.1. The molecule has 1 aliphatic heterocycles. The van der Waals surface area contributed by atoms with Crippen molar-refractivity contribution < 1.29 is 13.2 Å². The number of nitrogens with one attached hydrogen (secondary N) is 1. The summed E-state index contributed by atoms with van der Waals surface area (Å²) in [5.41, 5.74) is 1.24. The number of amides is 1. The SMILES string of the molecule is CN(C)S(=O)(=O)c1cccc(C2(C(=O)N[C@H](CN3CCCC3)c3ccccc3)CC2)c1.S. The van der Waals surface area contributed by atoms with Crippen molar-refractivity contribution in [2.75, 3.05) is 33.7 Å². The van der Waals surface area contributed by atoms with Crippen LogP contribution in [-0.4, -0.2) is 57.3 Å². The summed E-state index contributed by atoms with van der Waals surface area (Å²) in [6.45, 7) is 2.92. The lowest BCUT2D eigenvalue weighted by molar-refractivity contribution is -0.124. The second kappa shape index (κ2) is 9.95. The van der Waals surface area contributed by atoms with Gasteiger partial charge in [0, 0.05) is 20.6 Å². The number of hydrogen-bond donors (Lipinski definition) is 1. The van der Waals surface area contributed by atoms with Gasteiger partial charge in [-0.05, 0) is 62.0 Å².